The zero-order chi connectivity index (χ0) is 13.6. The fourth-order valence-electron chi connectivity index (χ4n) is 2.56. The van der Waals surface area contributed by atoms with Gasteiger partial charge in [0.15, 0.2) is 0 Å². The maximum Gasteiger partial charge on any atom is 0.0327 e. The molecule has 0 atom stereocenters. The van der Waals surface area contributed by atoms with Crippen LogP contribution in [0.2, 0.25) is 0 Å². The SMILES string of the molecule is C(#Cc1ccccc1-c1ccccc1)C1=CCCCC1. The van der Waals surface area contributed by atoms with Gasteiger partial charge in [-0.2, -0.15) is 0 Å². The van der Waals surface area contributed by atoms with Gasteiger partial charge >= 0.3 is 0 Å². The number of allylic oxidation sites excluding steroid dienone is 2. The van der Waals surface area contributed by atoms with Gasteiger partial charge in [0.1, 0.15) is 0 Å². The fraction of sp³-hybridized carbons (Fsp3) is 0.200. The van der Waals surface area contributed by atoms with E-state index in [1.165, 1.54) is 36.0 Å². The molecule has 20 heavy (non-hydrogen) atoms. The molecular weight excluding hydrogens is 240 g/mol. The minimum Gasteiger partial charge on any atom is -0.0729 e. The first kappa shape index (κ1) is 12.8. The van der Waals surface area contributed by atoms with Crippen molar-refractivity contribution in [3.8, 4) is 23.0 Å². The van der Waals surface area contributed by atoms with Crippen LogP contribution in [0, 0.1) is 11.8 Å². The normalized spacial score (nSPS) is 14.1. The van der Waals surface area contributed by atoms with Crippen LogP contribution in [-0.2, 0) is 0 Å². The molecule has 3 rings (SSSR count). The maximum atomic E-state index is 3.36. The van der Waals surface area contributed by atoms with Gasteiger partial charge in [0.25, 0.3) is 0 Å². The summed E-state index contributed by atoms with van der Waals surface area (Å²) in [6.45, 7) is 0. The Balaban J connectivity index is 1.95. The van der Waals surface area contributed by atoms with Gasteiger partial charge in [0, 0.05) is 5.56 Å². The lowest BCUT2D eigenvalue weighted by Crippen LogP contribution is -1.89. The lowest BCUT2D eigenvalue weighted by molar-refractivity contribution is 0.715. The predicted molar refractivity (Wildman–Crippen MR) is 85.3 cm³/mol. The highest BCUT2D eigenvalue weighted by molar-refractivity contribution is 5.71. The third-order valence-electron chi connectivity index (χ3n) is 3.66. The molecule has 0 radical (unpaired) electrons. The van der Waals surface area contributed by atoms with Gasteiger partial charge in [-0.05, 0) is 48.4 Å². The van der Waals surface area contributed by atoms with Gasteiger partial charge in [-0.1, -0.05) is 66.4 Å². The third-order valence-corrected chi connectivity index (χ3v) is 3.66. The molecule has 1 aliphatic rings. The standard InChI is InChI=1S/C20H18/c1-3-9-17(10-4-1)15-16-19-13-7-8-14-20(19)18-11-5-2-6-12-18/h2,5-9,11-14H,1,3-4,10H2. The molecule has 0 spiro atoms. The Morgan fingerprint density at radius 2 is 1.55 bits per heavy atom. The Kier molecular flexibility index (Phi) is 3.99. The van der Waals surface area contributed by atoms with E-state index in [2.05, 4.69) is 66.4 Å². The Morgan fingerprint density at radius 3 is 2.35 bits per heavy atom. The summed E-state index contributed by atoms with van der Waals surface area (Å²) in [4.78, 5) is 0. The van der Waals surface area contributed by atoms with Crippen LogP contribution in [0.15, 0.2) is 66.2 Å². The minimum atomic E-state index is 1.12. The van der Waals surface area contributed by atoms with Gasteiger partial charge in [0.05, 0.1) is 0 Å². The van der Waals surface area contributed by atoms with E-state index in [0.717, 1.165) is 12.0 Å². The van der Waals surface area contributed by atoms with E-state index >= 15 is 0 Å². The summed E-state index contributed by atoms with van der Waals surface area (Å²) < 4.78 is 0. The average Bonchev–Trinajstić information content (AvgIpc) is 2.55. The first-order valence-electron chi connectivity index (χ1n) is 7.29. The predicted octanol–water partition coefficient (Wildman–Crippen LogP) is 5.21. The van der Waals surface area contributed by atoms with E-state index < -0.39 is 0 Å². The Hall–Kier alpha value is -2.26. The van der Waals surface area contributed by atoms with E-state index in [-0.39, 0.29) is 0 Å². The topological polar surface area (TPSA) is 0 Å². The maximum absolute atomic E-state index is 3.36. The molecule has 0 saturated carbocycles. The zero-order valence-electron chi connectivity index (χ0n) is 11.6. The molecule has 0 amide bonds. The van der Waals surface area contributed by atoms with Crippen LogP contribution in [0.1, 0.15) is 31.2 Å². The molecule has 0 unspecified atom stereocenters. The quantitative estimate of drug-likeness (QED) is 0.616. The summed E-state index contributed by atoms with van der Waals surface area (Å²) in [6.07, 6.45) is 7.21. The lowest BCUT2D eigenvalue weighted by atomic mass is 9.97. The molecule has 2 aromatic carbocycles. The van der Waals surface area contributed by atoms with Gasteiger partial charge < -0.3 is 0 Å². The summed E-state index contributed by atoms with van der Waals surface area (Å²) >= 11 is 0. The highest BCUT2D eigenvalue weighted by atomic mass is 14.1. The highest BCUT2D eigenvalue weighted by Gasteiger charge is 2.03. The molecule has 0 aliphatic heterocycles. The Bertz CT molecular complexity index is 666. The van der Waals surface area contributed by atoms with Crippen molar-refractivity contribution < 1.29 is 0 Å². The molecule has 0 saturated heterocycles. The average molecular weight is 258 g/mol. The molecular formula is C20H18. The Labute approximate surface area is 121 Å². The van der Waals surface area contributed by atoms with Gasteiger partial charge in [-0.15, -0.1) is 0 Å². The number of rotatable bonds is 1. The van der Waals surface area contributed by atoms with Crippen molar-refractivity contribution in [1.82, 2.24) is 0 Å². The summed E-state index contributed by atoms with van der Waals surface area (Å²) in [7, 11) is 0. The van der Waals surface area contributed by atoms with E-state index in [1.54, 1.807) is 0 Å². The summed E-state index contributed by atoms with van der Waals surface area (Å²) in [5.74, 6) is 6.72. The number of hydrogen-bond acceptors (Lipinski definition) is 0. The molecule has 0 aromatic heterocycles. The van der Waals surface area contributed by atoms with Crippen LogP contribution in [0.5, 0.6) is 0 Å². The van der Waals surface area contributed by atoms with Crippen LogP contribution in [0.3, 0.4) is 0 Å². The molecule has 0 nitrogen and oxygen atoms in total. The van der Waals surface area contributed by atoms with Crippen LogP contribution in [0.4, 0.5) is 0 Å². The second kappa shape index (κ2) is 6.26. The van der Waals surface area contributed by atoms with Crippen molar-refractivity contribution in [3.63, 3.8) is 0 Å². The second-order valence-electron chi connectivity index (χ2n) is 5.14. The van der Waals surface area contributed by atoms with Gasteiger partial charge in [-0.3, -0.25) is 0 Å². The smallest absolute Gasteiger partial charge is 0.0327 e. The van der Waals surface area contributed by atoms with E-state index in [1.807, 2.05) is 6.07 Å². The Morgan fingerprint density at radius 1 is 0.750 bits per heavy atom. The van der Waals surface area contributed by atoms with Crippen molar-refractivity contribution >= 4 is 0 Å². The molecule has 98 valence electrons. The molecule has 2 aromatic rings. The zero-order valence-corrected chi connectivity index (χ0v) is 11.6. The van der Waals surface area contributed by atoms with Crippen LogP contribution in [-0.4, -0.2) is 0 Å². The highest BCUT2D eigenvalue weighted by Crippen LogP contribution is 2.23. The number of hydrogen-bond donors (Lipinski definition) is 0. The molecule has 0 heterocycles. The molecule has 0 fully saturated rings. The summed E-state index contributed by atoms with van der Waals surface area (Å²) in [5, 5.41) is 0. The van der Waals surface area contributed by atoms with Crippen molar-refractivity contribution in [3.05, 3.63) is 71.8 Å². The molecule has 0 N–H and O–H groups in total. The minimum absolute atomic E-state index is 1.12. The van der Waals surface area contributed by atoms with Gasteiger partial charge in [0.2, 0.25) is 0 Å². The van der Waals surface area contributed by atoms with E-state index in [0.29, 0.717) is 0 Å². The van der Waals surface area contributed by atoms with E-state index in [4.69, 9.17) is 0 Å². The molecule has 0 heteroatoms. The largest absolute Gasteiger partial charge is 0.0729 e. The van der Waals surface area contributed by atoms with E-state index in [9.17, 15) is 0 Å². The second-order valence-corrected chi connectivity index (χ2v) is 5.14. The van der Waals surface area contributed by atoms with Crippen LogP contribution < -0.4 is 0 Å². The number of benzene rings is 2. The lowest BCUT2D eigenvalue weighted by Gasteiger charge is -2.07. The monoisotopic (exact) mass is 258 g/mol. The van der Waals surface area contributed by atoms with Crippen molar-refractivity contribution in [1.29, 1.82) is 0 Å². The first-order chi connectivity index (χ1) is 9.93. The van der Waals surface area contributed by atoms with Crippen molar-refractivity contribution in [2.24, 2.45) is 0 Å². The first-order valence-corrected chi connectivity index (χ1v) is 7.29. The third kappa shape index (κ3) is 3.00. The van der Waals surface area contributed by atoms with Crippen molar-refractivity contribution in [2.45, 2.75) is 25.7 Å². The fourth-order valence-corrected chi connectivity index (χ4v) is 2.56. The van der Waals surface area contributed by atoms with Crippen molar-refractivity contribution in [2.75, 3.05) is 0 Å². The van der Waals surface area contributed by atoms with Gasteiger partial charge in [-0.25, -0.2) is 0 Å². The van der Waals surface area contributed by atoms with Crippen LogP contribution >= 0.6 is 0 Å². The summed E-state index contributed by atoms with van der Waals surface area (Å²) in [5.41, 5.74) is 4.87. The molecule has 1 aliphatic carbocycles. The van der Waals surface area contributed by atoms with Crippen LogP contribution in [0.25, 0.3) is 11.1 Å². The molecule has 0 bridgehead atoms. The summed E-state index contributed by atoms with van der Waals surface area (Å²) in [6, 6.07) is 18.9.